The molecule has 5 heteroatoms. The Morgan fingerprint density at radius 2 is 2.04 bits per heavy atom. The molecule has 2 aromatic carbocycles. The van der Waals surface area contributed by atoms with Crippen LogP contribution in [0.15, 0.2) is 47.5 Å². The van der Waals surface area contributed by atoms with E-state index in [0.717, 1.165) is 26.1 Å². The standard InChI is InChI=1S/C20H28N4.HI/c1-2-24-13-5-8-19(24)15-23-20(21)22-12-11-16-9-10-17-6-3-4-7-18(17)14-16;/h3-4,6-7,9-10,14,19H,2,5,8,11-13,15H2,1H3,(H3,21,22,23);1H. The number of hydrogen-bond acceptors (Lipinski definition) is 2. The van der Waals surface area contributed by atoms with Gasteiger partial charge < -0.3 is 11.1 Å². The van der Waals surface area contributed by atoms with Gasteiger partial charge in [-0.1, -0.05) is 49.4 Å². The Labute approximate surface area is 167 Å². The molecule has 0 bridgehead atoms. The number of likely N-dealkylation sites (tertiary alicyclic amines) is 1. The number of guanidine groups is 1. The van der Waals surface area contributed by atoms with E-state index in [9.17, 15) is 0 Å². The second kappa shape index (κ2) is 9.97. The van der Waals surface area contributed by atoms with Crippen molar-refractivity contribution >= 4 is 40.7 Å². The van der Waals surface area contributed by atoms with E-state index >= 15 is 0 Å². The molecule has 0 amide bonds. The van der Waals surface area contributed by atoms with Gasteiger partial charge in [0.2, 0.25) is 0 Å². The second-order valence-electron chi connectivity index (χ2n) is 6.51. The highest BCUT2D eigenvalue weighted by atomic mass is 127. The fourth-order valence-electron chi connectivity index (χ4n) is 3.51. The van der Waals surface area contributed by atoms with Crippen LogP contribution in [0.5, 0.6) is 0 Å². The van der Waals surface area contributed by atoms with Gasteiger partial charge in [0.05, 0.1) is 6.54 Å². The summed E-state index contributed by atoms with van der Waals surface area (Å²) < 4.78 is 0. The predicted octanol–water partition coefficient (Wildman–Crippen LogP) is 3.39. The monoisotopic (exact) mass is 452 g/mol. The van der Waals surface area contributed by atoms with Gasteiger partial charge in [-0.25, -0.2) is 0 Å². The summed E-state index contributed by atoms with van der Waals surface area (Å²) in [4.78, 5) is 7.02. The Hall–Kier alpha value is -1.34. The lowest BCUT2D eigenvalue weighted by Gasteiger charge is -2.20. The summed E-state index contributed by atoms with van der Waals surface area (Å²) in [6, 6.07) is 15.6. The smallest absolute Gasteiger partial charge is 0.188 e. The van der Waals surface area contributed by atoms with Crippen molar-refractivity contribution in [1.82, 2.24) is 10.2 Å². The van der Waals surface area contributed by atoms with Crippen LogP contribution < -0.4 is 11.1 Å². The summed E-state index contributed by atoms with van der Waals surface area (Å²) in [6.45, 7) is 6.15. The lowest BCUT2D eigenvalue weighted by molar-refractivity contribution is 0.273. The molecule has 1 fully saturated rings. The summed E-state index contributed by atoms with van der Waals surface area (Å²) in [5, 5.41) is 5.82. The van der Waals surface area contributed by atoms with Crippen LogP contribution in [0.25, 0.3) is 10.8 Å². The number of likely N-dealkylation sites (N-methyl/N-ethyl adjacent to an activating group) is 1. The highest BCUT2D eigenvalue weighted by Gasteiger charge is 2.22. The van der Waals surface area contributed by atoms with Gasteiger partial charge in [-0.2, -0.15) is 0 Å². The summed E-state index contributed by atoms with van der Waals surface area (Å²) in [5.74, 6) is 0.568. The zero-order valence-corrected chi connectivity index (χ0v) is 17.3. The first-order valence-corrected chi connectivity index (χ1v) is 9.02. The van der Waals surface area contributed by atoms with Crippen LogP contribution in [-0.2, 0) is 6.42 Å². The minimum absolute atomic E-state index is 0. The number of benzene rings is 2. The molecule has 3 N–H and O–H groups in total. The first-order chi connectivity index (χ1) is 11.8. The molecule has 25 heavy (non-hydrogen) atoms. The van der Waals surface area contributed by atoms with Crippen LogP contribution >= 0.6 is 24.0 Å². The van der Waals surface area contributed by atoms with Gasteiger partial charge in [-0.15, -0.1) is 24.0 Å². The normalized spacial score (nSPS) is 18.3. The van der Waals surface area contributed by atoms with Gasteiger partial charge in [-0.05, 0) is 48.7 Å². The SMILES string of the molecule is CCN1CCCC1CN=C(N)NCCc1ccc2ccccc2c1.I. The van der Waals surface area contributed by atoms with Gasteiger partial charge >= 0.3 is 0 Å². The van der Waals surface area contributed by atoms with Crippen molar-refractivity contribution in [3.05, 3.63) is 48.0 Å². The summed E-state index contributed by atoms with van der Waals surface area (Å²) in [5.41, 5.74) is 7.34. The minimum Gasteiger partial charge on any atom is -0.370 e. The maximum atomic E-state index is 6.01. The molecule has 1 aliphatic heterocycles. The zero-order valence-electron chi connectivity index (χ0n) is 14.9. The average molecular weight is 452 g/mol. The fourth-order valence-corrected chi connectivity index (χ4v) is 3.51. The molecule has 0 spiro atoms. The Kier molecular flexibility index (Phi) is 7.96. The third kappa shape index (κ3) is 5.57. The summed E-state index contributed by atoms with van der Waals surface area (Å²) >= 11 is 0. The van der Waals surface area contributed by atoms with Crippen LogP contribution in [0.1, 0.15) is 25.3 Å². The van der Waals surface area contributed by atoms with Crippen molar-refractivity contribution in [3.63, 3.8) is 0 Å². The topological polar surface area (TPSA) is 53.6 Å². The van der Waals surface area contributed by atoms with Crippen LogP contribution in [0.2, 0.25) is 0 Å². The largest absolute Gasteiger partial charge is 0.370 e. The maximum absolute atomic E-state index is 6.01. The molecular formula is C20H29IN4. The van der Waals surface area contributed by atoms with Crippen molar-refractivity contribution in [2.75, 3.05) is 26.2 Å². The fraction of sp³-hybridized carbons (Fsp3) is 0.450. The highest BCUT2D eigenvalue weighted by Crippen LogP contribution is 2.17. The van der Waals surface area contributed by atoms with Gasteiger partial charge in [0.15, 0.2) is 5.96 Å². The molecule has 4 nitrogen and oxygen atoms in total. The molecule has 2 aromatic rings. The van der Waals surface area contributed by atoms with Crippen LogP contribution in [-0.4, -0.2) is 43.1 Å². The zero-order chi connectivity index (χ0) is 16.8. The molecule has 0 aromatic heterocycles. The molecule has 1 saturated heterocycles. The van der Waals surface area contributed by atoms with E-state index in [1.165, 1.54) is 35.7 Å². The third-order valence-corrected chi connectivity index (χ3v) is 4.91. The van der Waals surface area contributed by atoms with Gasteiger partial charge in [0.25, 0.3) is 0 Å². The molecule has 1 unspecified atom stereocenters. The van der Waals surface area contributed by atoms with Crippen molar-refractivity contribution in [3.8, 4) is 0 Å². The third-order valence-electron chi connectivity index (χ3n) is 4.91. The predicted molar refractivity (Wildman–Crippen MR) is 118 cm³/mol. The molecule has 1 heterocycles. The van der Waals surface area contributed by atoms with E-state index < -0.39 is 0 Å². The Morgan fingerprint density at radius 3 is 2.84 bits per heavy atom. The lowest BCUT2D eigenvalue weighted by Crippen LogP contribution is -2.36. The summed E-state index contributed by atoms with van der Waals surface area (Å²) in [6.07, 6.45) is 3.47. The Morgan fingerprint density at radius 1 is 1.24 bits per heavy atom. The van der Waals surface area contributed by atoms with Crippen molar-refractivity contribution in [2.24, 2.45) is 10.7 Å². The van der Waals surface area contributed by atoms with E-state index in [4.69, 9.17) is 5.73 Å². The molecule has 1 aliphatic rings. The number of aliphatic imine (C=N–C) groups is 1. The lowest BCUT2D eigenvalue weighted by atomic mass is 10.1. The van der Waals surface area contributed by atoms with E-state index in [1.807, 2.05) is 0 Å². The van der Waals surface area contributed by atoms with Gasteiger partial charge in [-0.3, -0.25) is 9.89 Å². The molecule has 136 valence electrons. The van der Waals surface area contributed by atoms with Gasteiger partial charge in [0, 0.05) is 12.6 Å². The minimum atomic E-state index is 0. The van der Waals surface area contributed by atoms with Crippen molar-refractivity contribution < 1.29 is 0 Å². The van der Waals surface area contributed by atoms with Crippen LogP contribution in [0, 0.1) is 0 Å². The van der Waals surface area contributed by atoms with E-state index in [0.29, 0.717) is 12.0 Å². The first kappa shape index (κ1) is 20.0. The number of fused-ring (bicyclic) bond motifs is 1. The van der Waals surface area contributed by atoms with Crippen molar-refractivity contribution in [1.29, 1.82) is 0 Å². The average Bonchev–Trinajstić information content (AvgIpc) is 3.07. The number of nitrogens with two attached hydrogens (primary N) is 1. The Bertz CT molecular complexity index is 701. The number of rotatable bonds is 6. The highest BCUT2D eigenvalue weighted by molar-refractivity contribution is 14.0. The molecule has 0 radical (unpaired) electrons. The van der Waals surface area contributed by atoms with Gasteiger partial charge in [0.1, 0.15) is 0 Å². The molecular weight excluding hydrogens is 423 g/mol. The van der Waals surface area contributed by atoms with E-state index in [2.05, 4.69) is 64.6 Å². The van der Waals surface area contributed by atoms with E-state index in [-0.39, 0.29) is 24.0 Å². The number of nitrogens with zero attached hydrogens (tertiary/aromatic N) is 2. The molecule has 0 saturated carbocycles. The van der Waals surface area contributed by atoms with E-state index in [1.54, 1.807) is 0 Å². The number of hydrogen-bond donors (Lipinski definition) is 2. The maximum Gasteiger partial charge on any atom is 0.188 e. The van der Waals surface area contributed by atoms with Crippen molar-refractivity contribution in [2.45, 2.75) is 32.2 Å². The molecule has 0 aliphatic carbocycles. The second-order valence-corrected chi connectivity index (χ2v) is 6.51. The molecule has 3 rings (SSSR count). The van der Waals surface area contributed by atoms with Crippen LogP contribution in [0.3, 0.4) is 0 Å². The summed E-state index contributed by atoms with van der Waals surface area (Å²) in [7, 11) is 0. The Balaban J connectivity index is 0.00000225. The van der Waals surface area contributed by atoms with Crippen LogP contribution in [0.4, 0.5) is 0 Å². The number of halogens is 1. The molecule has 1 atom stereocenters. The first-order valence-electron chi connectivity index (χ1n) is 9.02. The number of nitrogens with one attached hydrogen (secondary N) is 1. The quantitative estimate of drug-likeness (QED) is 0.402.